The van der Waals surface area contributed by atoms with Crippen molar-refractivity contribution in [1.82, 2.24) is 4.90 Å². The highest BCUT2D eigenvalue weighted by Gasteiger charge is 2.46. The van der Waals surface area contributed by atoms with Gasteiger partial charge in [-0.15, -0.1) is 0 Å². The van der Waals surface area contributed by atoms with E-state index < -0.39 is 0 Å². The molecule has 0 saturated carbocycles. The van der Waals surface area contributed by atoms with Crippen molar-refractivity contribution < 1.29 is 13.9 Å². The van der Waals surface area contributed by atoms with Gasteiger partial charge in [0.2, 0.25) is 5.91 Å². The van der Waals surface area contributed by atoms with E-state index in [-0.39, 0.29) is 11.7 Å². The highest BCUT2D eigenvalue weighted by Crippen LogP contribution is 2.50. The minimum Gasteiger partial charge on any atom is -0.492 e. The Kier molecular flexibility index (Phi) is 5.07. The van der Waals surface area contributed by atoms with Crippen molar-refractivity contribution in [2.24, 2.45) is 0 Å². The maximum Gasteiger partial charge on any atom is 0.246 e. The zero-order valence-corrected chi connectivity index (χ0v) is 17.7. The average Bonchev–Trinajstić information content (AvgIpc) is 3.05. The van der Waals surface area contributed by atoms with Gasteiger partial charge in [0, 0.05) is 38.6 Å². The van der Waals surface area contributed by atoms with Crippen molar-refractivity contribution >= 4 is 28.9 Å². The molecule has 1 fully saturated rings. The standard InChI is InChI=1S/C23H25ClFN3O2/c1-26-20-5-2-4-16-17-13-27(10-8-19(17)28(23(16)20)14-22(26)29)9-3-11-30-21-7-6-15(25)12-18(21)24/h2,4-7,12,17,19H,3,8-11,13-14H2,1H3. The molecule has 0 N–H and O–H groups in total. The monoisotopic (exact) mass is 429 g/mol. The first-order valence-electron chi connectivity index (χ1n) is 10.5. The number of hydrogen-bond donors (Lipinski definition) is 0. The molecule has 3 aliphatic heterocycles. The zero-order chi connectivity index (χ0) is 20.8. The molecule has 30 heavy (non-hydrogen) atoms. The molecular formula is C23H25ClFN3O2. The van der Waals surface area contributed by atoms with E-state index in [0.29, 0.717) is 35.9 Å². The Morgan fingerprint density at radius 3 is 2.97 bits per heavy atom. The molecule has 2 atom stereocenters. The molecule has 5 nitrogen and oxygen atoms in total. The number of rotatable bonds is 5. The molecule has 0 bridgehead atoms. The molecule has 1 amide bonds. The number of halogens is 2. The minimum absolute atomic E-state index is 0.166. The average molecular weight is 430 g/mol. The van der Waals surface area contributed by atoms with Crippen molar-refractivity contribution in [2.75, 3.05) is 49.6 Å². The van der Waals surface area contributed by atoms with Crippen LogP contribution in [0.15, 0.2) is 36.4 Å². The topological polar surface area (TPSA) is 36.0 Å². The normalized spacial score (nSPS) is 22.8. The molecule has 3 heterocycles. The molecule has 2 unspecified atom stereocenters. The zero-order valence-electron chi connectivity index (χ0n) is 17.0. The fourth-order valence-electron chi connectivity index (χ4n) is 5.13. The summed E-state index contributed by atoms with van der Waals surface area (Å²) in [6, 6.07) is 11.0. The number of anilines is 2. The lowest BCUT2D eigenvalue weighted by atomic mass is 9.89. The van der Waals surface area contributed by atoms with Gasteiger partial charge in [0.05, 0.1) is 29.5 Å². The number of carbonyl (C=O) groups is 1. The summed E-state index contributed by atoms with van der Waals surface area (Å²) >= 11 is 6.02. The minimum atomic E-state index is -0.360. The fourth-order valence-corrected chi connectivity index (χ4v) is 5.35. The number of likely N-dealkylation sites (tertiary alicyclic amines) is 1. The first-order valence-corrected chi connectivity index (χ1v) is 10.9. The summed E-state index contributed by atoms with van der Waals surface area (Å²) in [5, 5.41) is 0.305. The summed E-state index contributed by atoms with van der Waals surface area (Å²) in [5.41, 5.74) is 3.66. The third-order valence-electron chi connectivity index (χ3n) is 6.60. The Morgan fingerprint density at radius 1 is 1.27 bits per heavy atom. The van der Waals surface area contributed by atoms with E-state index in [0.717, 1.165) is 38.2 Å². The summed E-state index contributed by atoms with van der Waals surface area (Å²) < 4.78 is 18.9. The van der Waals surface area contributed by atoms with Gasteiger partial charge in [-0.25, -0.2) is 4.39 Å². The largest absolute Gasteiger partial charge is 0.492 e. The molecule has 7 heteroatoms. The third kappa shape index (κ3) is 3.32. The predicted octanol–water partition coefficient (Wildman–Crippen LogP) is 3.90. The molecule has 0 spiro atoms. The highest BCUT2D eigenvalue weighted by atomic mass is 35.5. The van der Waals surface area contributed by atoms with Crippen LogP contribution < -0.4 is 14.5 Å². The molecule has 158 valence electrons. The summed E-state index contributed by atoms with van der Waals surface area (Å²) in [6.45, 7) is 3.97. The van der Waals surface area contributed by atoms with Gasteiger partial charge in [0.15, 0.2) is 0 Å². The van der Waals surface area contributed by atoms with E-state index in [1.165, 1.54) is 23.4 Å². The van der Waals surface area contributed by atoms with Gasteiger partial charge in [-0.05, 0) is 42.7 Å². The summed E-state index contributed by atoms with van der Waals surface area (Å²) in [5.74, 6) is 0.762. The Morgan fingerprint density at radius 2 is 2.13 bits per heavy atom. The molecular weight excluding hydrogens is 405 g/mol. The summed E-state index contributed by atoms with van der Waals surface area (Å²) in [6.07, 6.45) is 1.93. The van der Waals surface area contributed by atoms with Gasteiger partial charge < -0.3 is 19.4 Å². The van der Waals surface area contributed by atoms with Crippen LogP contribution in [0.25, 0.3) is 0 Å². The van der Waals surface area contributed by atoms with Crippen LogP contribution in [0.2, 0.25) is 5.02 Å². The molecule has 5 rings (SSSR count). The fraction of sp³-hybridized carbons (Fsp3) is 0.435. The van der Waals surface area contributed by atoms with Crippen molar-refractivity contribution in [3.8, 4) is 5.75 Å². The molecule has 0 aliphatic carbocycles. The van der Waals surface area contributed by atoms with E-state index in [9.17, 15) is 9.18 Å². The smallest absolute Gasteiger partial charge is 0.246 e. The van der Waals surface area contributed by atoms with Crippen LogP contribution in [0.1, 0.15) is 24.3 Å². The van der Waals surface area contributed by atoms with Crippen molar-refractivity contribution in [1.29, 1.82) is 0 Å². The number of nitrogens with zero attached hydrogens (tertiary/aromatic N) is 3. The first-order chi connectivity index (χ1) is 14.5. The lowest BCUT2D eigenvalue weighted by molar-refractivity contribution is -0.117. The number of fused-ring (bicyclic) bond motifs is 3. The van der Waals surface area contributed by atoms with Gasteiger partial charge in [-0.3, -0.25) is 4.79 Å². The van der Waals surface area contributed by atoms with Crippen molar-refractivity contribution in [3.63, 3.8) is 0 Å². The SMILES string of the molecule is CN1C(=O)CN2c3c(cccc31)C1CN(CCCOc3ccc(F)cc3Cl)CCC12. The van der Waals surface area contributed by atoms with Crippen LogP contribution >= 0.6 is 11.6 Å². The Balaban J connectivity index is 1.22. The maximum atomic E-state index is 13.1. The predicted molar refractivity (Wildman–Crippen MR) is 116 cm³/mol. The third-order valence-corrected chi connectivity index (χ3v) is 6.90. The number of hydrogen-bond acceptors (Lipinski definition) is 4. The number of para-hydroxylation sites is 1. The number of ether oxygens (including phenoxy) is 1. The lowest BCUT2D eigenvalue weighted by Gasteiger charge is -2.40. The van der Waals surface area contributed by atoms with E-state index >= 15 is 0 Å². The number of amides is 1. The Labute approximate surface area is 181 Å². The maximum absolute atomic E-state index is 13.1. The molecule has 2 aromatic carbocycles. The van der Waals surface area contributed by atoms with Crippen LogP contribution in [0, 0.1) is 5.82 Å². The molecule has 2 aromatic rings. The van der Waals surface area contributed by atoms with E-state index in [2.05, 4.69) is 28.0 Å². The van der Waals surface area contributed by atoms with Gasteiger partial charge >= 0.3 is 0 Å². The molecule has 0 aromatic heterocycles. The molecule has 1 saturated heterocycles. The van der Waals surface area contributed by atoms with Crippen LogP contribution in [-0.4, -0.2) is 56.7 Å². The Bertz CT molecular complexity index is 985. The van der Waals surface area contributed by atoms with E-state index in [1.807, 2.05) is 7.05 Å². The lowest BCUT2D eigenvalue weighted by Crippen LogP contribution is -2.51. The number of piperidine rings is 1. The highest BCUT2D eigenvalue weighted by molar-refractivity contribution is 6.32. The van der Waals surface area contributed by atoms with Gasteiger partial charge in [0.25, 0.3) is 0 Å². The van der Waals surface area contributed by atoms with Gasteiger partial charge in [0.1, 0.15) is 11.6 Å². The van der Waals surface area contributed by atoms with Gasteiger partial charge in [-0.1, -0.05) is 23.7 Å². The van der Waals surface area contributed by atoms with E-state index in [4.69, 9.17) is 16.3 Å². The van der Waals surface area contributed by atoms with Gasteiger partial charge in [-0.2, -0.15) is 0 Å². The number of likely N-dealkylation sites (N-methyl/N-ethyl adjacent to an activating group) is 1. The quantitative estimate of drug-likeness (QED) is 0.675. The van der Waals surface area contributed by atoms with Crippen molar-refractivity contribution in [3.05, 3.63) is 52.8 Å². The summed E-state index contributed by atoms with van der Waals surface area (Å²) in [4.78, 5) is 19.1. The van der Waals surface area contributed by atoms with Crippen LogP contribution in [-0.2, 0) is 4.79 Å². The summed E-state index contributed by atoms with van der Waals surface area (Å²) in [7, 11) is 1.87. The molecule has 0 radical (unpaired) electrons. The molecule has 3 aliphatic rings. The Hall–Kier alpha value is -2.31. The number of benzene rings is 2. The first kappa shape index (κ1) is 19.6. The van der Waals surface area contributed by atoms with Crippen LogP contribution in [0.3, 0.4) is 0 Å². The van der Waals surface area contributed by atoms with Crippen LogP contribution in [0.4, 0.5) is 15.8 Å². The van der Waals surface area contributed by atoms with E-state index in [1.54, 1.807) is 11.0 Å². The van der Waals surface area contributed by atoms with Crippen molar-refractivity contribution in [2.45, 2.75) is 24.8 Å². The second-order valence-electron chi connectivity index (χ2n) is 8.34. The number of carbonyl (C=O) groups excluding carboxylic acids is 1. The second-order valence-corrected chi connectivity index (χ2v) is 8.74. The second kappa shape index (κ2) is 7.75. The van der Waals surface area contributed by atoms with Crippen LogP contribution in [0.5, 0.6) is 5.75 Å².